The number of thioether (sulfide) groups is 1. The van der Waals surface area contributed by atoms with E-state index in [1.165, 1.54) is 39.0 Å². The van der Waals surface area contributed by atoms with Crippen LogP contribution in [0.25, 0.3) is 0 Å². The highest BCUT2D eigenvalue weighted by Gasteiger charge is 2.50. The van der Waals surface area contributed by atoms with Gasteiger partial charge in [0.25, 0.3) is 0 Å². The topological polar surface area (TPSA) is 35.5 Å². The maximum Gasteiger partial charge on any atom is 0.381 e. The molecule has 170 valence electrons. The Balaban J connectivity index is 4.06. The monoisotopic (exact) mass is 452 g/mol. The molecular weight excluding hydrogens is 414 g/mol. The fourth-order valence-electron chi connectivity index (χ4n) is 2.87. The Morgan fingerprint density at radius 3 is 2.10 bits per heavy atom. The third kappa shape index (κ3) is 14.0. The lowest BCUT2D eigenvalue weighted by atomic mass is 10.0. The number of thiocarbonyl (C=S) groups is 1. The van der Waals surface area contributed by atoms with E-state index in [-0.39, 0.29) is 17.4 Å². The Bertz CT molecular complexity index is 471. The Morgan fingerprint density at radius 2 is 1.55 bits per heavy atom. The van der Waals surface area contributed by atoms with Crippen LogP contribution in [0.15, 0.2) is 12.2 Å². The third-order valence-corrected chi connectivity index (χ3v) is 5.61. The minimum absolute atomic E-state index is 0.0164. The van der Waals surface area contributed by atoms with Crippen molar-refractivity contribution < 1.29 is 23.0 Å². The molecule has 1 atom stereocenters. The van der Waals surface area contributed by atoms with Crippen LogP contribution in [0.2, 0.25) is 0 Å². The van der Waals surface area contributed by atoms with E-state index < -0.39 is 18.0 Å². The van der Waals surface area contributed by atoms with Gasteiger partial charge in [-0.05, 0) is 57.5 Å². The van der Waals surface area contributed by atoms with Crippen molar-refractivity contribution in [2.24, 2.45) is 0 Å². The first-order chi connectivity index (χ1) is 13.9. The summed E-state index contributed by atoms with van der Waals surface area (Å²) in [6.07, 6.45) is 16.6. The number of ether oxygens (including phenoxy) is 2. The summed E-state index contributed by atoms with van der Waals surface area (Å²) in [5.74, 6) is -5.24. The van der Waals surface area contributed by atoms with Crippen LogP contribution >= 0.6 is 24.0 Å². The summed E-state index contributed by atoms with van der Waals surface area (Å²) in [5, 5.41) is 0. The number of hydrogen-bond donors (Lipinski definition) is 0. The first-order valence-electron chi connectivity index (χ1n) is 10.8. The van der Waals surface area contributed by atoms with Crippen molar-refractivity contribution in [3.05, 3.63) is 12.2 Å². The van der Waals surface area contributed by atoms with Crippen molar-refractivity contribution >= 4 is 34.3 Å². The zero-order valence-electron chi connectivity index (χ0n) is 18.2. The first-order valence-corrected chi connectivity index (χ1v) is 12.5. The van der Waals surface area contributed by atoms with Gasteiger partial charge in [0.15, 0.2) is 6.10 Å². The van der Waals surface area contributed by atoms with Crippen LogP contribution in [-0.2, 0) is 14.3 Å². The van der Waals surface area contributed by atoms with Gasteiger partial charge in [0.2, 0.25) is 4.38 Å². The summed E-state index contributed by atoms with van der Waals surface area (Å²) in [6.45, 7) is 3.60. The van der Waals surface area contributed by atoms with Crippen LogP contribution in [0.3, 0.4) is 0 Å². The van der Waals surface area contributed by atoms with Crippen molar-refractivity contribution in [2.45, 2.75) is 103 Å². The van der Waals surface area contributed by atoms with E-state index in [1.54, 1.807) is 6.26 Å². The van der Waals surface area contributed by atoms with Gasteiger partial charge in [-0.1, -0.05) is 75.8 Å². The van der Waals surface area contributed by atoms with Crippen LogP contribution < -0.4 is 0 Å². The van der Waals surface area contributed by atoms with Gasteiger partial charge in [-0.3, -0.25) is 0 Å². The van der Waals surface area contributed by atoms with E-state index in [4.69, 9.17) is 17.0 Å². The van der Waals surface area contributed by atoms with Gasteiger partial charge >= 0.3 is 11.9 Å². The highest BCUT2D eigenvalue weighted by molar-refractivity contribution is 8.22. The fraction of sp³-hybridized carbons (Fsp3) is 0.818. The average Bonchev–Trinajstić information content (AvgIpc) is 2.70. The number of hydrogen-bond acceptors (Lipinski definition) is 5. The number of esters is 1. The summed E-state index contributed by atoms with van der Waals surface area (Å²) in [4.78, 5) is 11.6. The predicted octanol–water partition coefficient (Wildman–Crippen LogP) is 7.48. The normalized spacial score (nSPS) is 12.9. The van der Waals surface area contributed by atoms with Crippen molar-refractivity contribution in [2.75, 3.05) is 12.9 Å². The summed E-state index contributed by atoms with van der Waals surface area (Å²) in [6, 6.07) is 0. The molecule has 29 heavy (non-hydrogen) atoms. The second-order valence-electron chi connectivity index (χ2n) is 7.07. The number of carbonyl (C=O) groups excluding carboxylic acids is 1. The van der Waals surface area contributed by atoms with E-state index in [2.05, 4.69) is 23.8 Å². The average molecular weight is 453 g/mol. The molecule has 0 saturated heterocycles. The van der Waals surface area contributed by atoms with Crippen molar-refractivity contribution in [3.8, 4) is 0 Å². The van der Waals surface area contributed by atoms with Gasteiger partial charge in [0, 0.05) is 0 Å². The molecule has 0 aliphatic rings. The fourth-order valence-corrected chi connectivity index (χ4v) is 3.20. The molecule has 0 rings (SSSR count). The van der Waals surface area contributed by atoms with E-state index in [0.29, 0.717) is 6.42 Å². The van der Waals surface area contributed by atoms with Crippen molar-refractivity contribution in [3.63, 3.8) is 0 Å². The van der Waals surface area contributed by atoms with Crippen LogP contribution in [-0.4, -0.2) is 35.2 Å². The number of alkyl halides is 2. The maximum atomic E-state index is 14.3. The highest BCUT2D eigenvalue weighted by Crippen LogP contribution is 2.29. The summed E-state index contributed by atoms with van der Waals surface area (Å²) in [7, 11) is 0. The number of unbranched alkanes of at least 4 members (excludes halogenated alkanes) is 9. The van der Waals surface area contributed by atoms with E-state index >= 15 is 0 Å². The number of rotatable bonds is 17. The van der Waals surface area contributed by atoms with Crippen LogP contribution in [0.4, 0.5) is 8.78 Å². The van der Waals surface area contributed by atoms with E-state index in [0.717, 1.165) is 43.9 Å². The molecule has 0 radical (unpaired) electrons. The van der Waals surface area contributed by atoms with Crippen LogP contribution in [0.1, 0.15) is 90.9 Å². The highest BCUT2D eigenvalue weighted by atomic mass is 32.2. The molecule has 3 nitrogen and oxygen atoms in total. The molecule has 0 heterocycles. The SMILES string of the molecule is CCCC/C=C\CCCCCCCCCC(OC(=S)SC)C(F)(F)C(=O)OCC. The molecule has 7 heteroatoms. The Labute approximate surface area is 185 Å². The lowest BCUT2D eigenvalue weighted by Crippen LogP contribution is -2.44. The zero-order valence-corrected chi connectivity index (χ0v) is 19.9. The van der Waals surface area contributed by atoms with Gasteiger partial charge < -0.3 is 9.47 Å². The van der Waals surface area contributed by atoms with Crippen molar-refractivity contribution in [1.82, 2.24) is 0 Å². The summed E-state index contributed by atoms with van der Waals surface area (Å²) < 4.78 is 38.4. The molecule has 0 aromatic heterocycles. The summed E-state index contributed by atoms with van der Waals surface area (Å²) >= 11 is 5.98. The van der Waals surface area contributed by atoms with E-state index in [1.807, 2.05) is 0 Å². The smallest absolute Gasteiger partial charge is 0.381 e. The number of halogens is 2. The lowest BCUT2D eigenvalue weighted by molar-refractivity contribution is -0.186. The molecule has 0 amide bonds. The number of allylic oxidation sites excluding steroid dienone is 2. The Hall–Kier alpha value is -0.690. The largest absolute Gasteiger partial charge is 0.468 e. The molecule has 0 aromatic rings. The lowest BCUT2D eigenvalue weighted by Gasteiger charge is -2.25. The predicted molar refractivity (Wildman–Crippen MR) is 123 cm³/mol. The third-order valence-electron chi connectivity index (χ3n) is 4.59. The molecular formula is C22H38F2O3S2. The Morgan fingerprint density at radius 1 is 1.00 bits per heavy atom. The van der Waals surface area contributed by atoms with Gasteiger partial charge in [-0.2, -0.15) is 8.78 Å². The maximum absolute atomic E-state index is 14.3. The first kappa shape index (κ1) is 28.3. The quantitative estimate of drug-likeness (QED) is 0.0989. The van der Waals surface area contributed by atoms with Gasteiger partial charge in [-0.25, -0.2) is 4.79 Å². The standard InChI is InChI=1S/C22H38F2O3S2/c1-4-6-7-8-9-10-11-12-13-14-15-16-17-18-19(27-21(28)29-3)22(23,24)20(25)26-5-2/h8-9,19H,4-7,10-18H2,1-3H3/b9-8-. The molecule has 0 aromatic carbocycles. The van der Waals surface area contributed by atoms with Gasteiger partial charge in [0.1, 0.15) is 0 Å². The molecule has 0 bridgehead atoms. The van der Waals surface area contributed by atoms with Crippen molar-refractivity contribution in [1.29, 1.82) is 0 Å². The number of carbonyl (C=O) groups is 1. The molecule has 0 spiro atoms. The minimum Gasteiger partial charge on any atom is -0.468 e. The zero-order chi connectivity index (χ0) is 22.0. The Kier molecular flexibility index (Phi) is 17.7. The molecule has 1 unspecified atom stereocenters. The molecule has 0 aliphatic carbocycles. The van der Waals surface area contributed by atoms with Gasteiger partial charge in [-0.15, -0.1) is 0 Å². The van der Waals surface area contributed by atoms with Crippen LogP contribution in [0.5, 0.6) is 0 Å². The minimum atomic E-state index is -3.69. The molecule has 0 aliphatic heterocycles. The van der Waals surface area contributed by atoms with E-state index in [9.17, 15) is 13.6 Å². The van der Waals surface area contributed by atoms with Gasteiger partial charge in [0.05, 0.1) is 6.61 Å². The second kappa shape index (κ2) is 18.1. The second-order valence-corrected chi connectivity index (χ2v) is 8.48. The van der Waals surface area contributed by atoms with Crippen LogP contribution in [0, 0.1) is 0 Å². The molecule has 0 fully saturated rings. The molecule has 0 saturated carbocycles. The summed E-state index contributed by atoms with van der Waals surface area (Å²) in [5.41, 5.74) is 0. The molecule has 0 N–H and O–H groups in total.